The van der Waals surface area contributed by atoms with Crippen LogP contribution in [0.1, 0.15) is 5.56 Å². The molecule has 3 aromatic rings. The second-order valence-corrected chi connectivity index (χ2v) is 5.56. The summed E-state index contributed by atoms with van der Waals surface area (Å²) >= 11 is 3.58. The van der Waals surface area contributed by atoms with Gasteiger partial charge in [-0.1, -0.05) is 58.4 Å². The van der Waals surface area contributed by atoms with Gasteiger partial charge in [-0.2, -0.15) is 0 Å². The number of methoxy groups -OCH3 is 1. The van der Waals surface area contributed by atoms with Crippen LogP contribution in [-0.2, 0) is 6.61 Å². The molecule has 21 heavy (non-hydrogen) atoms. The van der Waals surface area contributed by atoms with E-state index in [4.69, 9.17) is 9.47 Å². The number of hydrogen-bond acceptors (Lipinski definition) is 2. The first-order chi connectivity index (χ1) is 10.3. The number of rotatable bonds is 4. The molecule has 0 heterocycles. The highest BCUT2D eigenvalue weighted by atomic mass is 79.9. The largest absolute Gasteiger partial charge is 0.496 e. The highest BCUT2D eigenvalue weighted by Gasteiger charge is 2.10. The standard InChI is InChI=1S/C18H15BrO2/c1-20-16-9-5-8-14-15(19)10-11-17(18(14)16)21-12-13-6-3-2-4-7-13/h2-11H,12H2,1H3. The van der Waals surface area contributed by atoms with E-state index in [9.17, 15) is 0 Å². The van der Waals surface area contributed by atoms with E-state index in [1.165, 1.54) is 0 Å². The molecule has 0 fully saturated rings. The molecule has 0 bridgehead atoms. The summed E-state index contributed by atoms with van der Waals surface area (Å²) in [5, 5.41) is 2.07. The molecule has 0 aliphatic heterocycles. The summed E-state index contributed by atoms with van der Waals surface area (Å²) in [5.41, 5.74) is 1.14. The molecular weight excluding hydrogens is 328 g/mol. The van der Waals surface area contributed by atoms with Crippen molar-refractivity contribution in [2.45, 2.75) is 6.61 Å². The van der Waals surface area contributed by atoms with Gasteiger partial charge < -0.3 is 9.47 Å². The van der Waals surface area contributed by atoms with E-state index in [0.717, 1.165) is 32.3 Å². The van der Waals surface area contributed by atoms with Crippen LogP contribution in [0.25, 0.3) is 10.8 Å². The van der Waals surface area contributed by atoms with Crippen LogP contribution in [0.3, 0.4) is 0 Å². The monoisotopic (exact) mass is 342 g/mol. The summed E-state index contributed by atoms with van der Waals surface area (Å²) in [6.07, 6.45) is 0. The Morgan fingerprint density at radius 3 is 2.43 bits per heavy atom. The fourth-order valence-electron chi connectivity index (χ4n) is 2.33. The third-order valence-electron chi connectivity index (χ3n) is 3.37. The van der Waals surface area contributed by atoms with Gasteiger partial charge in [-0.05, 0) is 23.8 Å². The van der Waals surface area contributed by atoms with E-state index in [0.29, 0.717) is 6.61 Å². The number of hydrogen-bond donors (Lipinski definition) is 0. The van der Waals surface area contributed by atoms with E-state index in [1.807, 2.05) is 42.5 Å². The third kappa shape index (κ3) is 2.88. The number of ether oxygens (including phenoxy) is 2. The Hall–Kier alpha value is -2.00. The van der Waals surface area contributed by atoms with Gasteiger partial charge in [0.2, 0.25) is 0 Å². The minimum atomic E-state index is 0.537. The zero-order chi connectivity index (χ0) is 14.7. The van der Waals surface area contributed by atoms with Gasteiger partial charge in [0.25, 0.3) is 0 Å². The molecule has 0 aliphatic rings. The molecule has 0 atom stereocenters. The van der Waals surface area contributed by atoms with Crippen LogP contribution >= 0.6 is 15.9 Å². The summed E-state index contributed by atoms with van der Waals surface area (Å²) < 4.78 is 12.5. The van der Waals surface area contributed by atoms with Gasteiger partial charge in [-0.25, -0.2) is 0 Å². The first-order valence-corrected chi connectivity index (χ1v) is 7.51. The van der Waals surface area contributed by atoms with Crippen molar-refractivity contribution < 1.29 is 9.47 Å². The summed E-state index contributed by atoms with van der Waals surface area (Å²) in [5.74, 6) is 1.64. The molecule has 2 nitrogen and oxygen atoms in total. The van der Waals surface area contributed by atoms with E-state index in [2.05, 4.69) is 34.1 Å². The highest BCUT2D eigenvalue weighted by Crippen LogP contribution is 2.38. The number of benzene rings is 3. The number of halogens is 1. The van der Waals surface area contributed by atoms with Crippen molar-refractivity contribution in [1.82, 2.24) is 0 Å². The first kappa shape index (κ1) is 14.0. The predicted molar refractivity (Wildman–Crippen MR) is 89.0 cm³/mol. The maximum absolute atomic E-state index is 6.00. The van der Waals surface area contributed by atoms with Crippen molar-refractivity contribution in [2.24, 2.45) is 0 Å². The lowest BCUT2D eigenvalue weighted by Crippen LogP contribution is -1.97. The topological polar surface area (TPSA) is 18.5 Å². The Balaban J connectivity index is 2.00. The second kappa shape index (κ2) is 6.19. The van der Waals surface area contributed by atoms with Crippen molar-refractivity contribution in [3.63, 3.8) is 0 Å². The maximum Gasteiger partial charge on any atom is 0.131 e. The molecule has 0 aromatic heterocycles. The van der Waals surface area contributed by atoms with E-state index in [1.54, 1.807) is 7.11 Å². The van der Waals surface area contributed by atoms with Gasteiger partial charge in [-0.3, -0.25) is 0 Å². The lowest BCUT2D eigenvalue weighted by molar-refractivity contribution is 0.308. The molecule has 0 spiro atoms. The van der Waals surface area contributed by atoms with Gasteiger partial charge in [0.05, 0.1) is 12.5 Å². The summed E-state index contributed by atoms with van der Waals surface area (Å²) in [7, 11) is 1.68. The molecular formula is C18H15BrO2. The molecule has 0 saturated heterocycles. The Kier molecular flexibility index (Phi) is 4.11. The molecule has 0 aliphatic carbocycles. The Bertz CT molecular complexity index is 754. The fraction of sp³-hybridized carbons (Fsp3) is 0.111. The highest BCUT2D eigenvalue weighted by molar-refractivity contribution is 9.10. The van der Waals surface area contributed by atoms with Crippen LogP contribution in [0.2, 0.25) is 0 Å². The molecule has 3 heteroatoms. The molecule has 0 amide bonds. The van der Waals surface area contributed by atoms with Crippen molar-refractivity contribution in [3.8, 4) is 11.5 Å². The SMILES string of the molecule is COc1cccc2c(Br)ccc(OCc3ccccc3)c12. The average molecular weight is 343 g/mol. The lowest BCUT2D eigenvalue weighted by atomic mass is 10.1. The summed E-state index contributed by atoms with van der Waals surface area (Å²) in [6.45, 7) is 0.537. The van der Waals surface area contributed by atoms with Crippen molar-refractivity contribution in [1.29, 1.82) is 0 Å². The second-order valence-electron chi connectivity index (χ2n) is 4.70. The van der Waals surface area contributed by atoms with Gasteiger partial charge >= 0.3 is 0 Å². The molecule has 0 radical (unpaired) electrons. The summed E-state index contributed by atoms with van der Waals surface area (Å²) in [6, 6.07) is 20.1. The van der Waals surface area contributed by atoms with Crippen LogP contribution < -0.4 is 9.47 Å². The predicted octanol–water partition coefficient (Wildman–Crippen LogP) is 5.19. The lowest BCUT2D eigenvalue weighted by Gasteiger charge is -2.13. The maximum atomic E-state index is 6.00. The van der Waals surface area contributed by atoms with Gasteiger partial charge in [0.15, 0.2) is 0 Å². The molecule has 0 unspecified atom stereocenters. The van der Waals surface area contributed by atoms with Crippen molar-refractivity contribution >= 4 is 26.7 Å². The van der Waals surface area contributed by atoms with E-state index in [-0.39, 0.29) is 0 Å². The first-order valence-electron chi connectivity index (χ1n) is 6.71. The molecule has 106 valence electrons. The summed E-state index contributed by atoms with van der Waals surface area (Å²) in [4.78, 5) is 0. The van der Waals surface area contributed by atoms with Crippen molar-refractivity contribution in [3.05, 3.63) is 70.7 Å². The third-order valence-corrected chi connectivity index (χ3v) is 4.06. The molecule has 3 rings (SSSR count). The van der Waals surface area contributed by atoms with Crippen LogP contribution in [0.5, 0.6) is 11.5 Å². The van der Waals surface area contributed by atoms with E-state index < -0.39 is 0 Å². The van der Waals surface area contributed by atoms with Crippen LogP contribution in [-0.4, -0.2) is 7.11 Å². The zero-order valence-corrected chi connectivity index (χ0v) is 13.3. The van der Waals surface area contributed by atoms with Crippen LogP contribution in [0.15, 0.2) is 65.1 Å². The van der Waals surface area contributed by atoms with Gasteiger partial charge in [-0.15, -0.1) is 0 Å². The number of fused-ring (bicyclic) bond motifs is 1. The van der Waals surface area contributed by atoms with Crippen LogP contribution in [0.4, 0.5) is 0 Å². The quantitative estimate of drug-likeness (QED) is 0.649. The Morgan fingerprint density at radius 2 is 1.67 bits per heavy atom. The minimum absolute atomic E-state index is 0.537. The van der Waals surface area contributed by atoms with Gasteiger partial charge in [0, 0.05) is 9.86 Å². The normalized spacial score (nSPS) is 10.6. The Labute approximate surface area is 132 Å². The van der Waals surface area contributed by atoms with E-state index >= 15 is 0 Å². The minimum Gasteiger partial charge on any atom is -0.496 e. The molecule has 0 saturated carbocycles. The molecule has 0 N–H and O–H groups in total. The van der Waals surface area contributed by atoms with Crippen LogP contribution in [0, 0.1) is 0 Å². The average Bonchev–Trinajstić information content (AvgIpc) is 2.55. The molecule has 3 aromatic carbocycles. The zero-order valence-electron chi connectivity index (χ0n) is 11.7. The Morgan fingerprint density at radius 1 is 0.857 bits per heavy atom. The fourth-order valence-corrected chi connectivity index (χ4v) is 2.79. The smallest absolute Gasteiger partial charge is 0.131 e. The van der Waals surface area contributed by atoms with Gasteiger partial charge in [0.1, 0.15) is 18.1 Å². The van der Waals surface area contributed by atoms with Crippen molar-refractivity contribution in [2.75, 3.05) is 7.11 Å².